The van der Waals surface area contributed by atoms with Gasteiger partial charge in [0.1, 0.15) is 5.25 Å². The summed E-state index contributed by atoms with van der Waals surface area (Å²) in [4.78, 5) is 31.5. The molecule has 0 radical (unpaired) electrons. The lowest BCUT2D eigenvalue weighted by molar-refractivity contribution is -0.129. The molecule has 1 N–H and O–H groups in total. The minimum atomic E-state index is -0.547. The van der Waals surface area contributed by atoms with Gasteiger partial charge in [0.2, 0.25) is 11.8 Å². The Labute approximate surface area is 181 Å². The molecule has 0 spiro atoms. The Bertz CT molecular complexity index is 951. The molecule has 1 aliphatic heterocycles. The summed E-state index contributed by atoms with van der Waals surface area (Å²) in [7, 11) is 0. The van der Waals surface area contributed by atoms with Gasteiger partial charge in [-0.3, -0.25) is 14.5 Å². The van der Waals surface area contributed by atoms with Crippen molar-refractivity contribution in [2.24, 2.45) is 4.99 Å². The largest absolute Gasteiger partial charge is 0.325 e. The number of hydrogen-bond acceptors (Lipinski definition) is 4. The van der Waals surface area contributed by atoms with E-state index in [-0.39, 0.29) is 18.2 Å². The maximum Gasteiger partial charge on any atom is 0.238 e. The van der Waals surface area contributed by atoms with Crippen LogP contribution in [0, 0.1) is 6.92 Å². The highest BCUT2D eigenvalue weighted by Gasteiger charge is 2.35. The monoisotopic (exact) mass is 479 g/mol. The maximum atomic E-state index is 12.7. The van der Waals surface area contributed by atoms with E-state index in [4.69, 9.17) is 11.6 Å². The number of hydrogen-bond donors (Lipinski definition) is 1. The molecular formula is C20H19BrClN3O2S. The summed E-state index contributed by atoms with van der Waals surface area (Å²) in [6, 6.07) is 12.8. The number of aryl methyl sites for hydroxylation is 1. The topological polar surface area (TPSA) is 61.8 Å². The quantitative estimate of drug-likeness (QED) is 0.638. The Kier molecular flexibility index (Phi) is 6.80. The Hall–Kier alpha value is -1.83. The molecule has 1 saturated heterocycles. The first kappa shape index (κ1) is 20.9. The van der Waals surface area contributed by atoms with Crippen molar-refractivity contribution >= 4 is 67.6 Å². The number of thioether (sulfide) groups is 1. The number of benzene rings is 2. The average molecular weight is 481 g/mol. The van der Waals surface area contributed by atoms with E-state index in [1.54, 1.807) is 17.0 Å². The molecule has 1 fully saturated rings. The van der Waals surface area contributed by atoms with Crippen LogP contribution in [0.4, 0.5) is 11.4 Å². The van der Waals surface area contributed by atoms with Crippen molar-refractivity contribution in [1.29, 1.82) is 0 Å². The van der Waals surface area contributed by atoms with Gasteiger partial charge in [-0.1, -0.05) is 51.4 Å². The molecule has 1 aliphatic rings. The van der Waals surface area contributed by atoms with E-state index in [9.17, 15) is 9.59 Å². The number of carbonyl (C=O) groups is 2. The lowest BCUT2D eigenvalue weighted by Crippen LogP contribution is -2.45. The molecule has 0 aliphatic carbocycles. The van der Waals surface area contributed by atoms with Crippen molar-refractivity contribution in [1.82, 2.24) is 4.90 Å². The first-order valence-corrected chi connectivity index (χ1v) is 10.8. The van der Waals surface area contributed by atoms with Crippen LogP contribution in [-0.4, -0.2) is 33.7 Å². The fraction of sp³-hybridized carbons (Fsp3) is 0.250. The predicted octanol–water partition coefficient (Wildman–Crippen LogP) is 5.39. The van der Waals surface area contributed by atoms with Gasteiger partial charge in [-0.25, -0.2) is 4.99 Å². The van der Waals surface area contributed by atoms with E-state index in [2.05, 4.69) is 26.2 Å². The number of carbonyl (C=O) groups excluding carboxylic acids is 2. The summed E-state index contributed by atoms with van der Waals surface area (Å²) in [5.41, 5.74) is 2.28. The van der Waals surface area contributed by atoms with Crippen LogP contribution >= 0.6 is 39.3 Å². The lowest BCUT2D eigenvalue weighted by atomic mass is 10.2. The third-order valence-corrected chi connectivity index (χ3v) is 6.31. The first-order valence-electron chi connectivity index (χ1n) is 8.75. The van der Waals surface area contributed by atoms with Gasteiger partial charge in [0, 0.05) is 28.1 Å². The molecule has 0 aromatic heterocycles. The maximum absolute atomic E-state index is 12.7. The summed E-state index contributed by atoms with van der Waals surface area (Å²) in [6.45, 7) is 4.29. The lowest BCUT2D eigenvalue weighted by Gasteiger charge is -2.31. The fourth-order valence-electron chi connectivity index (χ4n) is 2.70. The summed E-state index contributed by atoms with van der Waals surface area (Å²) >= 11 is 10.9. The summed E-state index contributed by atoms with van der Waals surface area (Å²) in [6.07, 6.45) is 0.131. The minimum Gasteiger partial charge on any atom is -0.325 e. The third-order valence-electron chi connectivity index (χ3n) is 4.22. The zero-order valence-electron chi connectivity index (χ0n) is 15.4. The predicted molar refractivity (Wildman–Crippen MR) is 119 cm³/mol. The minimum absolute atomic E-state index is 0.118. The van der Waals surface area contributed by atoms with Crippen LogP contribution in [0.5, 0.6) is 0 Å². The number of anilines is 1. The normalized spacial score (nSPS) is 18.4. The van der Waals surface area contributed by atoms with Gasteiger partial charge in [-0.15, -0.1) is 0 Å². The smallest absolute Gasteiger partial charge is 0.238 e. The van der Waals surface area contributed by atoms with Gasteiger partial charge < -0.3 is 5.32 Å². The molecule has 146 valence electrons. The van der Waals surface area contributed by atoms with Gasteiger partial charge in [0.15, 0.2) is 5.17 Å². The zero-order chi connectivity index (χ0) is 20.3. The van der Waals surface area contributed by atoms with Crippen LogP contribution in [0.15, 0.2) is 51.9 Å². The molecule has 5 nitrogen and oxygen atoms in total. The Morgan fingerprint density at radius 2 is 2.14 bits per heavy atom. The molecule has 1 atom stereocenters. The molecule has 2 aromatic carbocycles. The SMILES string of the molecule is CCN1C(=O)CC(C(=O)Nc2cccc(Br)c2)SC1=Nc1ccc(C)c(Cl)c1. The van der Waals surface area contributed by atoms with E-state index in [1.165, 1.54) is 11.8 Å². The van der Waals surface area contributed by atoms with E-state index >= 15 is 0 Å². The van der Waals surface area contributed by atoms with Gasteiger partial charge in [-0.2, -0.15) is 0 Å². The van der Waals surface area contributed by atoms with Crippen LogP contribution in [0.3, 0.4) is 0 Å². The number of aliphatic imine (C=N–C) groups is 1. The Balaban J connectivity index is 1.83. The highest BCUT2D eigenvalue weighted by molar-refractivity contribution is 9.10. The van der Waals surface area contributed by atoms with E-state index in [0.29, 0.717) is 28.1 Å². The van der Waals surface area contributed by atoms with Gasteiger partial charge in [0.05, 0.1) is 5.69 Å². The summed E-state index contributed by atoms with van der Waals surface area (Å²) < 4.78 is 0.869. The molecule has 3 rings (SSSR count). The van der Waals surface area contributed by atoms with E-state index in [0.717, 1.165) is 10.0 Å². The van der Waals surface area contributed by atoms with Crippen molar-refractivity contribution in [3.63, 3.8) is 0 Å². The second-order valence-electron chi connectivity index (χ2n) is 6.28. The Morgan fingerprint density at radius 3 is 2.82 bits per heavy atom. The van der Waals surface area contributed by atoms with Crippen LogP contribution in [-0.2, 0) is 9.59 Å². The average Bonchev–Trinajstić information content (AvgIpc) is 2.64. The molecule has 2 aromatic rings. The van der Waals surface area contributed by atoms with E-state index in [1.807, 2.05) is 44.2 Å². The molecule has 1 unspecified atom stereocenters. The number of amides is 2. The van der Waals surface area contributed by atoms with Crippen LogP contribution in [0.2, 0.25) is 5.02 Å². The molecule has 1 heterocycles. The van der Waals surface area contributed by atoms with Crippen molar-refractivity contribution in [2.45, 2.75) is 25.5 Å². The standard InChI is InChI=1S/C20H19BrClN3O2S/c1-3-25-18(26)11-17(19(27)23-14-6-4-5-13(21)9-14)28-20(25)24-15-8-7-12(2)16(22)10-15/h4-10,17H,3,11H2,1-2H3,(H,23,27). The summed E-state index contributed by atoms with van der Waals surface area (Å²) in [5.74, 6) is -0.338. The molecule has 2 amide bonds. The van der Waals surface area contributed by atoms with Crippen LogP contribution in [0.1, 0.15) is 18.9 Å². The highest BCUT2D eigenvalue weighted by atomic mass is 79.9. The number of nitrogens with one attached hydrogen (secondary N) is 1. The molecule has 28 heavy (non-hydrogen) atoms. The van der Waals surface area contributed by atoms with Gasteiger partial charge in [-0.05, 0) is 49.7 Å². The molecule has 0 saturated carbocycles. The van der Waals surface area contributed by atoms with Gasteiger partial charge in [0.25, 0.3) is 0 Å². The van der Waals surface area contributed by atoms with Crippen molar-refractivity contribution in [3.05, 3.63) is 57.5 Å². The highest BCUT2D eigenvalue weighted by Crippen LogP contribution is 2.31. The number of halogens is 2. The summed E-state index contributed by atoms with van der Waals surface area (Å²) in [5, 5.41) is 3.44. The second-order valence-corrected chi connectivity index (χ2v) is 8.77. The second kappa shape index (κ2) is 9.11. The van der Waals surface area contributed by atoms with Crippen molar-refractivity contribution in [3.8, 4) is 0 Å². The number of nitrogens with zero attached hydrogens (tertiary/aromatic N) is 2. The van der Waals surface area contributed by atoms with Crippen molar-refractivity contribution < 1.29 is 9.59 Å². The Morgan fingerprint density at radius 1 is 1.36 bits per heavy atom. The number of rotatable bonds is 4. The zero-order valence-corrected chi connectivity index (χ0v) is 18.6. The molecular weight excluding hydrogens is 462 g/mol. The van der Waals surface area contributed by atoms with Crippen LogP contribution < -0.4 is 5.32 Å². The fourth-order valence-corrected chi connectivity index (χ4v) is 4.44. The van der Waals surface area contributed by atoms with Gasteiger partial charge >= 0.3 is 0 Å². The number of amidine groups is 1. The molecule has 0 bridgehead atoms. The molecule has 8 heteroatoms. The van der Waals surface area contributed by atoms with E-state index < -0.39 is 5.25 Å². The first-order chi connectivity index (χ1) is 13.4. The van der Waals surface area contributed by atoms with Crippen molar-refractivity contribution in [2.75, 3.05) is 11.9 Å². The third kappa shape index (κ3) is 4.96. The van der Waals surface area contributed by atoms with Crippen LogP contribution in [0.25, 0.3) is 0 Å².